The van der Waals surface area contributed by atoms with Gasteiger partial charge in [0.15, 0.2) is 0 Å². The fourth-order valence-electron chi connectivity index (χ4n) is 3.88. The van der Waals surface area contributed by atoms with Crippen molar-refractivity contribution >= 4 is 34.2 Å². The van der Waals surface area contributed by atoms with Gasteiger partial charge in [0.25, 0.3) is 5.91 Å². The summed E-state index contributed by atoms with van der Waals surface area (Å²) >= 11 is 1.37. The largest absolute Gasteiger partial charge is 0.341 e. The number of aryl methyl sites for hydroxylation is 1. The van der Waals surface area contributed by atoms with Gasteiger partial charge in [0.1, 0.15) is 15.7 Å². The first-order chi connectivity index (χ1) is 15.1. The lowest BCUT2D eigenvalue weighted by atomic mass is 10.2. The summed E-state index contributed by atoms with van der Waals surface area (Å²) in [6.45, 7) is 4.73. The quantitative estimate of drug-likeness (QED) is 0.515. The lowest BCUT2D eigenvalue weighted by molar-refractivity contribution is 0.0771. The summed E-state index contributed by atoms with van der Waals surface area (Å²) in [5.41, 5.74) is 3.50. The molecule has 5 rings (SSSR count). The van der Waals surface area contributed by atoms with E-state index in [2.05, 4.69) is 14.9 Å². The minimum atomic E-state index is -0.285. The molecular weight excluding hydrogens is 413 g/mol. The molecular formula is C23H22FN5OS. The van der Waals surface area contributed by atoms with Crippen LogP contribution in [0, 0.1) is 12.7 Å². The first kappa shape index (κ1) is 19.7. The second-order valence-electron chi connectivity index (χ2n) is 7.65. The summed E-state index contributed by atoms with van der Waals surface area (Å²) in [5, 5.41) is 0.736. The number of aromatic nitrogens is 3. The van der Waals surface area contributed by atoms with Gasteiger partial charge in [-0.25, -0.2) is 14.4 Å². The lowest BCUT2D eigenvalue weighted by Gasteiger charge is -2.21. The molecule has 1 fully saturated rings. The van der Waals surface area contributed by atoms with Gasteiger partial charge in [0.05, 0.1) is 16.7 Å². The average molecular weight is 436 g/mol. The smallest absolute Gasteiger partial charge is 0.265 e. The topological polar surface area (TPSA) is 65.1 Å². The highest BCUT2D eigenvalue weighted by molar-refractivity contribution is 7.17. The molecule has 4 aromatic rings. The van der Waals surface area contributed by atoms with Crippen LogP contribution in [0.25, 0.3) is 21.6 Å². The molecule has 2 aromatic carbocycles. The molecule has 3 heterocycles. The number of fused-ring (bicyclic) bond motifs is 1. The maximum atomic E-state index is 13.3. The van der Waals surface area contributed by atoms with Crippen LogP contribution in [0.2, 0.25) is 0 Å². The predicted molar refractivity (Wildman–Crippen MR) is 121 cm³/mol. The van der Waals surface area contributed by atoms with Gasteiger partial charge in [-0.3, -0.25) is 4.79 Å². The van der Waals surface area contributed by atoms with Crippen LogP contribution in [0.1, 0.15) is 21.8 Å². The number of carbonyl (C=O) groups excluding carboxylic acids is 1. The number of carbonyl (C=O) groups is 1. The van der Waals surface area contributed by atoms with Crippen molar-refractivity contribution in [1.82, 2.24) is 19.9 Å². The van der Waals surface area contributed by atoms with Crippen molar-refractivity contribution in [1.29, 1.82) is 0 Å². The molecule has 1 aliphatic heterocycles. The van der Waals surface area contributed by atoms with Gasteiger partial charge in [-0.15, -0.1) is 11.3 Å². The van der Waals surface area contributed by atoms with Crippen LogP contribution in [0.3, 0.4) is 0 Å². The van der Waals surface area contributed by atoms with E-state index in [1.165, 1.54) is 23.5 Å². The van der Waals surface area contributed by atoms with E-state index >= 15 is 0 Å². The minimum Gasteiger partial charge on any atom is -0.341 e. The molecule has 158 valence electrons. The number of amides is 1. The van der Waals surface area contributed by atoms with Crippen molar-refractivity contribution in [2.75, 3.05) is 31.1 Å². The number of rotatable bonds is 3. The van der Waals surface area contributed by atoms with Crippen LogP contribution in [0.4, 0.5) is 10.3 Å². The van der Waals surface area contributed by atoms with Gasteiger partial charge in [-0.05, 0) is 49.7 Å². The third-order valence-corrected chi connectivity index (χ3v) is 6.74. The monoisotopic (exact) mass is 435 g/mol. The van der Waals surface area contributed by atoms with Crippen LogP contribution in [-0.2, 0) is 0 Å². The number of nitrogens with zero attached hydrogens (tertiary/aromatic N) is 4. The van der Waals surface area contributed by atoms with Crippen molar-refractivity contribution in [3.05, 3.63) is 64.9 Å². The van der Waals surface area contributed by atoms with Gasteiger partial charge in [-0.2, -0.15) is 0 Å². The fraction of sp³-hybridized carbons (Fsp3) is 0.261. The predicted octanol–water partition coefficient (Wildman–Crippen LogP) is 4.49. The Hall–Kier alpha value is -3.26. The number of thiazole rings is 1. The van der Waals surface area contributed by atoms with Crippen molar-refractivity contribution in [3.8, 4) is 10.6 Å². The molecule has 0 spiro atoms. The molecule has 8 heteroatoms. The molecule has 2 aromatic heterocycles. The van der Waals surface area contributed by atoms with Crippen LogP contribution < -0.4 is 4.90 Å². The van der Waals surface area contributed by atoms with Crippen molar-refractivity contribution < 1.29 is 9.18 Å². The number of hydrogen-bond acceptors (Lipinski definition) is 5. The number of anilines is 1. The Morgan fingerprint density at radius 2 is 1.84 bits per heavy atom. The summed E-state index contributed by atoms with van der Waals surface area (Å²) in [6, 6.07) is 14.2. The molecule has 6 nitrogen and oxygen atoms in total. The highest BCUT2D eigenvalue weighted by atomic mass is 32.1. The molecule has 0 saturated carbocycles. The summed E-state index contributed by atoms with van der Waals surface area (Å²) in [6.07, 6.45) is 0.867. The van der Waals surface area contributed by atoms with E-state index in [9.17, 15) is 9.18 Å². The van der Waals surface area contributed by atoms with Crippen LogP contribution in [0.15, 0.2) is 48.5 Å². The number of benzene rings is 2. The highest BCUT2D eigenvalue weighted by Gasteiger charge is 2.25. The standard InChI is InChI=1S/C23H22FN5OS/c1-15-20(31-21(25-15)16-7-9-17(24)10-8-16)22(30)28-11-4-12-29(14-13-28)23-26-18-5-2-3-6-19(18)27-23/h2-3,5-10H,4,11-14H2,1H3,(H,26,27). The molecule has 0 atom stereocenters. The highest BCUT2D eigenvalue weighted by Crippen LogP contribution is 2.29. The number of aromatic amines is 1. The Bertz CT molecular complexity index is 1200. The van der Waals surface area contributed by atoms with Crippen molar-refractivity contribution in [3.63, 3.8) is 0 Å². The van der Waals surface area contributed by atoms with Gasteiger partial charge in [0.2, 0.25) is 5.95 Å². The lowest BCUT2D eigenvalue weighted by Crippen LogP contribution is -2.35. The zero-order valence-corrected chi connectivity index (χ0v) is 18.0. The van der Waals surface area contributed by atoms with Gasteiger partial charge >= 0.3 is 0 Å². The third-order valence-electron chi connectivity index (χ3n) is 5.54. The van der Waals surface area contributed by atoms with E-state index in [4.69, 9.17) is 4.98 Å². The molecule has 0 bridgehead atoms. The normalized spacial score (nSPS) is 14.8. The Morgan fingerprint density at radius 3 is 2.65 bits per heavy atom. The molecule has 0 radical (unpaired) electrons. The average Bonchev–Trinajstić information content (AvgIpc) is 3.29. The Balaban J connectivity index is 1.32. The SMILES string of the molecule is Cc1nc(-c2ccc(F)cc2)sc1C(=O)N1CCCN(c2nc3ccccc3[nH]2)CC1. The fourth-order valence-corrected chi connectivity index (χ4v) is 4.92. The first-order valence-corrected chi connectivity index (χ1v) is 11.1. The van der Waals surface area contributed by atoms with Crippen molar-refractivity contribution in [2.24, 2.45) is 0 Å². The van der Waals surface area contributed by atoms with Gasteiger partial charge in [0, 0.05) is 31.7 Å². The number of H-pyrrole nitrogens is 1. The maximum Gasteiger partial charge on any atom is 0.265 e. The molecule has 1 saturated heterocycles. The zero-order valence-electron chi connectivity index (χ0n) is 17.1. The van der Waals surface area contributed by atoms with E-state index in [1.807, 2.05) is 36.1 Å². The summed E-state index contributed by atoms with van der Waals surface area (Å²) < 4.78 is 13.2. The third kappa shape index (κ3) is 3.90. The number of imidazole rings is 1. The summed E-state index contributed by atoms with van der Waals surface area (Å²) in [7, 11) is 0. The van der Waals surface area contributed by atoms with E-state index in [1.54, 1.807) is 12.1 Å². The van der Waals surface area contributed by atoms with Crippen LogP contribution in [0.5, 0.6) is 0 Å². The second-order valence-corrected chi connectivity index (χ2v) is 8.65. The Labute approximate surface area is 183 Å². The second kappa shape index (κ2) is 8.11. The first-order valence-electron chi connectivity index (χ1n) is 10.3. The number of halogens is 1. The maximum absolute atomic E-state index is 13.3. The molecule has 1 N–H and O–H groups in total. The molecule has 1 amide bonds. The van der Waals surface area contributed by atoms with Gasteiger partial charge in [-0.1, -0.05) is 12.1 Å². The van der Waals surface area contributed by atoms with Crippen LogP contribution in [-0.4, -0.2) is 51.9 Å². The Kier molecular flexibility index (Phi) is 5.15. The summed E-state index contributed by atoms with van der Waals surface area (Å²) in [4.78, 5) is 30.6. The molecule has 0 aliphatic carbocycles. The Morgan fingerprint density at radius 1 is 1.03 bits per heavy atom. The van der Waals surface area contributed by atoms with E-state index < -0.39 is 0 Å². The van der Waals surface area contributed by atoms with E-state index in [-0.39, 0.29) is 11.7 Å². The van der Waals surface area contributed by atoms with Gasteiger partial charge < -0.3 is 14.8 Å². The number of para-hydroxylation sites is 2. The zero-order chi connectivity index (χ0) is 21.4. The van der Waals surface area contributed by atoms with E-state index in [0.29, 0.717) is 30.2 Å². The minimum absolute atomic E-state index is 0.00909. The molecule has 1 aliphatic rings. The number of hydrogen-bond donors (Lipinski definition) is 1. The molecule has 0 unspecified atom stereocenters. The van der Waals surface area contributed by atoms with Crippen molar-refractivity contribution in [2.45, 2.75) is 13.3 Å². The summed E-state index contributed by atoms with van der Waals surface area (Å²) in [5.74, 6) is 0.574. The molecule has 31 heavy (non-hydrogen) atoms. The van der Waals surface area contributed by atoms with E-state index in [0.717, 1.165) is 40.5 Å². The van der Waals surface area contributed by atoms with Crippen LogP contribution >= 0.6 is 11.3 Å². The number of nitrogens with one attached hydrogen (secondary N) is 1.